The number of amides is 2. The number of carbonyl (C=O) groups is 2. The van der Waals surface area contributed by atoms with E-state index in [1.54, 1.807) is 45.0 Å². The van der Waals surface area contributed by atoms with Gasteiger partial charge in [-0.05, 0) is 45.0 Å². The van der Waals surface area contributed by atoms with E-state index in [4.69, 9.17) is 4.74 Å². The van der Waals surface area contributed by atoms with Crippen LogP contribution in [-0.2, 0) is 16.1 Å². The van der Waals surface area contributed by atoms with E-state index >= 15 is 0 Å². The second-order valence-electron chi connectivity index (χ2n) is 6.22. The third-order valence-corrected chi connectivity index (χ3v) is 2.79. The van der Waals surface area contributed by atoms with Crippen molar-refractivity contribution in [2.45, 2.75) is 39.8 Å². The van der Waals surface area contributed by atoms with Crippen LogP contribution >= 0.6 is 0 Å². The van der Waals surface area contributed by atoms with E-state index < -0.39 is 11.7 Å². The number of nitrogens with one attached hydrogen (secondary N) is 3. The molecule has 0 aliphatic heterocycles. The third kappa shape index (κ3) is 5.38. The predicted octanol–water partition coefficient (Wildman–Crippen LogP) is 2.45. The zero-order chi connectivity index (χ0) is 17.7. The number of aromatic nitrogens is 3. The van der Waals surface area contributed by atoms with Gasteiger partial charge in [0, 0.05) is 18.2 Å². The van der Waals surface area contributed by atoms with Gasteiger partial charge in [-0.2, -0.15) is 5.10 Å². The highest BCUT2D eigenvalue weighted by molar-refractivity contribution is 5.88. The summed E-state index contributed by atoms with van der Waals surface area (Å²) >= 11 is 0. The Bertz CT molecular complexity index is 716. The molecule has 8 heteroatoms. The Kier molecular flexibility index (Phi) is 5.18. The molecule has 3 N–H and O–H groups in total. The standard InChI is InChI=1S/C16H21N5O3/c1-10(22)18-12-7-5-11(6-8-12)14-19-13(20-21-14)9-17-15(23)24-16(2,3)4/h5-8H,9H2,1-4H3,(H,17,23)(H,18,22)(H,19,20,21). The number of nitrogens with zero attached hydrogens (tertiary/aromatic N) is 2. The Morgan fingerprint density at radius 1 is 1.21 bits per heavy atom. The first kappa shape index (κ1) is 17.5. The molecule has 128 valence electrons. The van der Waals surface area contributed by atoms with Crippen LogP contribution in [0.1, 0.15) is 33.5 Å². The second-order valence-corrected chi connectivity index (χ2v) is 6.22. The maximum absolute atomic E-state index is 11.6. The number of anilines is 1. The van der Waals surface area contributed by atoms with Crippen LogP contribution in [-0.4, -0.2) is 32.8 Å². The number of hydrogen-bond donors (Lipinski definition) is 3. The van der Waals surface area contributed by atoms with Crippen molar-refractivity contribution in [2.24, 2.45) is 0 Å². The average Bonchev–Trinajstić information content (AvgIpc) is 2.92. The third-order valence-electron chi connectivity index (χ3n) is 2.79. The van der Waals surface area contributed by atoms with Crippen LogP contribution in [0.4, 0.5) is 10.5 Å². The summed E-state index contributed by atoms with van der Waals surface area (Å²) in [5.41, 5.74) is 0.948. The molecule has 0 aliphatic carbocycles. The SMILES string of the molecule is CC(=O)Nc1ccc(-c2n[nH]c(CNC(=O)OC(C)(C)C)n2)cc1. The molecule has 1 aromatic carbocycles. The Labute approximate surface area is 140 Å². The average molecular weight is 331 g/mol. The van der Waals surface area contributed by atoms with E-state index in [0.29, 0.717) is 17.3 Å². The van der Waals surface area contributed by atoms with Crippen LogP contribution in [0.5, 0.6) is 0 Å². The van der Waals surface area contributed by atoms with Crippen molar-refractivity contribution >= 4 is 17.7 Å². The summed E-state index contributed by atoms with van der Waals surface area (Å²) in [5.74, 6) is 0.892. The van der Waals surface area contributed by atoms with Crippen LogP contribution in [0.2, 0.25) is 0 Å². The molecule has 1 aromatic heterocycles. The summed E-state index contributed by atoms with van der Waals surface area (Å²) in [6, 6.07) is 7.15. The number of H-pyrrole nitrogens is 1. The minimum absolute atomic E-state index is 0.129. The van der Waals surface area contributed by atoms with Gasteiger partial charge < -0.3 is 15.4 Å². The fraction of sp³-hybridized carbons (Fsp3) is 0.375. The first-order valence-electron chi connectivity index (χ1n) is 7.49. The highest BCUT2D eigenvalue weighted by Gasteiger charge is 2.16. The normalized spacial score (nSPS) is 11.0. The van der Waals surface area contributed by atoms with Gasteiger partial charge in [0.25, 0.3) is 0 Å². The van der Waals surface area contributed by atoms with Gasteiger partial charge in [0.1, 0.15) is 11.4 Å². The molecule has 2 amide bonds. The Balaban J connectivity index is 1.95. The molecule has 0 aliphatic rings. The number of aromatic amines is 1. The predicted molar refractivity (Wildman–Crippen MR) is 89.2 cm³/mol. The van der Waals surface area contributed by atoms with E-state index in [0.717, 1.165) is 5.56 Å². The largest absolute Gasteiger partial charge is 0.444 e. The van der Waals surface area contributed by atoms with Crippen molar-refractivity contribution in [1.82, 2.24) is 20.5 Å². The fourth-order valence-electron chi connectivity index (χ4n) is 1.88. The van der Waals surface area contributed by atoms with Crippen molar-refractivity contribution in [3.05, 3.63) is 30.1 Å². The summed E-state index contributed by atoms with van der Waals surface area (Å²) in [6.45, 7) is 7.02. The molecule has 0 radical (unpaired) electrons. The van der Waals surface area contributed by atoms with E-state index in [1.165, 1.54) is 6.92 Å². The summed E-state index contributed by atoms with van der Waals surface area (Å²) < 4.78 is 5.15. The van der Waals surface area contributed by atoms with E-state index in [9.17, 15) is 9.59 Å². The lowest BCUT2D eigenvalue weighted by Crippen LogP contribution is -2.32. The van der Waals surface area contributed by atoms with Crippen LogP contribution in [0, 0.1) is 0 Å². The summed E-state index contributed by atoms with van der Waals surface area (Å²) in [5, 5.41) is 12.2. The van der Waals surface area contributed by atoms with Crippen LogP contribution in [0.15, 0.2) is 24.3 Å². The lowest BCUT2D eigenvalue weighted by Gasteiger charge is -2.19. The highest BCUT2D eigenvalue weighted by Crippen LogP contribution is 2.18. The minimum atomic E-state index is -0.549. The highest BCUT2D eigenvalue weighted by atomic mass is 16.6. The van der Waals surface area contributed by atoms with Gasteiger partial charge >= 0.3 is 6.09 Å². The lowest BCUT2D eigenvalue weighted by atomic mass is 10.2. The second kappa shape index (κ2) is 7.12. The first-order chi connectivity index (χ1) is 11.2. The van der Waals surface area contributed by atoms with Crippen molar-refractivity contribution in [3.8, 4) is 11.4 Å². The number of ether oxygens (including phenoxy) is 1. The van der Waals surface area contributed by atoms with Crippen molar-refractivity contribution in [3.63, 3.8) is 0 Å². The van der Waals surface area contributed by atoms with Crippen molar-refractivity contribution in [2.75, 3.05) is 5.32 Å². The van der Waals surface area contributed by atoms with E-state index in [1.807, 2.05) is 0 Å². The molecular formula is C16H21N5O3. The Morgan fingerprint density at radius 2 is 1.88 bits per heavy atom. The Hall–Kier alpha value is -2.90. The number of carbonyl (C=O) groups excluding carboxylic acids is 2. The van der Waals surface area contributed by atoms with Crippen LogP contribution < -0.4 is 10.6 Å². The van der Waals surface area contributed by atoms with Crippen LogP contribution in [0.3, 0.4) is 0 Å². The molecule has 2 rings (SSSR count). The van der Waals surface area contributed by atoms with E-state index in [2.05, 4.69) is 25.8 Å². The minimum Gasteiger partial charge on any atom is -0.444 e. The maximum atomic E-state index is 11.6. The van der Waals surface area contributed by atoms with Gasteiger partial charge in [0.05, 0.1) is 6.54 Å². The molecule has 0 atom stereocenters. The van der Waals surface area contributed by atoms with Gasteiger partial charge in [-0.1, -0.05) is 0 Å². The quantitative estimate of drug-likeness (QED) is 0.797. The summed E-state index contributed by atoms with van der Waals surface area (Å²) in [6.07, 6.45) is -0.514. The molecule has 1 heterocycles. The molecule has 0 unspecified atom stereocenters. The number of benzene rings is 1. The van der Waals surface area contributed by atoms with Gasteiger partial charge in [-0.15, -0.1) is 0 Å². The molecule has 2 aromatic rings. The van der Waals surface area contributed by atoms with Gasteiger partial charge in [0.15, 0.2) is 5.82 Å². The number of hydrogen-bond acceptors (Lipinski definition) is 5. The van der Waals surface area contributed by atoms with Crippen molar-refractivity contribution in [1.29, 1.82) is 0 Å². The lowest BCUT2D eigenvalue weighted by molar-refractivity contribution is -0.114. The zero-order valence-electron chi connectivity index (χ0n) is 14.1. The monoisotopic (exact) mass is 331 g/mol. The zero-order valence-corrected chi connectivity index (χ0v) is 14.1. The summed E-state index contributed by atoms with van der Waals surface area (Å²) in [4.78, 5) is 26.9. The van der Waals surface area contributed by atoms with Crippen LogP contribution in [0.25, 0.3) is 11.4 Å². The van der Waals surface area contributed by atoms with Gasteiger partial charge in [-0.3, -0.25) is 9.89 Å². The van der Waals surface area contributed by atoms with Gasteiger partial charge in [0.2, 0.25) is 5.91 Å². The Morgan fingerprint density at radius 3 is 2.46 bits per heavy atom. The molecule has 0 bridgehead atoms. The smallest absolute Gasteiger partial charge is 0.408 e. The molecular weight excluding hydrogens is 310 g/mol. The molecule has 0 saturated heterocycles. The maximum Gasteiger partial charge on any atom is 0.408 e. The fourth-order valence-corrected chi connectivity index (χ4v) is 1.88. The topological polar surface area (TPSA) is 109 Å². The van der Waals surface area contributed by atoms with Crippen molar-refractivity contribution < 1.29 is 14.3 Å². The van der Waals surface area contributed by atoms with E-state index in [-0.39, 0.29) is 12.5 Å². The molecule has 8 nitrogen and oxygen atoms in total. The first-order valence-corrected chi connectivity index (χ1v) is 7.49. The molecule has 0 saturated carbocycles. The molecule has 0 fully saturated rings. The molecule has 24 heavy (non-hydrogen) atoms. The number of rotatable bonds is 4. The molecule has 0 spiro atoms. The number of alkyl carbamates (subject to hydrolysis) is 1. The summed E-state index contributed by atoms with van der Waals surface area (Å²) in [7, 11) is 0. The van der Waals surface area contributed by atoms with Gasteiger partial charge in [-0.25, -0.2) is 9.78 Å².